The van der Waals surface area contributed by atoms with Gasteiger partial charge in [-0.3, -0.25) is 0 Å². The lowest BCUT2D eigenvalue weighted by Gasteiger charge is -2.06. The molecule has 0 saturated heterocycles. The lowest BCUT2D eigenvalue weighted by molar-refractivity contribution is 0.794. The molecule has 1 heterocycles. The van der Waals surface area contributed by atoms with Crippen molar-refractivity contribution in [2.45, 2.75) is 12.3 Å². The molecule has 1 aromatic heterocycles. The molecule has 0 amide bonds. The molecule has 3 rings (SSSR count). The van der Waals surface area contributed by atoms with Crippen molar-refractivity contribution < 1.29 is 0 Å². The van der Waals surface area contributed by atoms with E-state index < -0.39 is 0 Å². The molecule has 3 aromatic rings. The fraction of sp³-hybridized carbons (Fsp3) is 0.125. The van der Waals surface area contributed by atoms with Gasteiger partial charge in [0.25, 0.3) is 0 Å². The van der Waals surface area contributed by atoms with Crippen LogP contribution in [0.1, 0.15) is 17.3 Å². The smallest absolute Gasteiger partial charge is 0.124 e. The Balaban J connectivity index is 1.92. The maximum absolute atomic E-state index is 9.39. The van der Waals surface area contributed by atoms with Crippen LogP contribution in [0.25, 0.3) is 11.0 Å². The minimum atomic E-state index is -0.305. The molecule has 1 unspecified atom stereocenters. The van der Waals surface area contributed by atoms with Crippen LogP contribution in [0.2, 0.25) is 5.02 Å². The van der Waals surface area contributed by atoms with E-state index in [0.717, 1.165) is 16.6 Å². The van der Waals surface area contributed by atoms with Gasteiger partial charge in [0.2, 0.25) is 0 Å². The van der Waals surface area contributed by atoms with Gasteiger partial charge >= 0.3 is 0 Å². The van der Waals surface area contributed by atoms with Crippen LogP contribution in [0.15, 0.2) is 48.5 Å². The summed E-state index contributed by atoms with van der Waals surface area (Å²) in [7, 11) is 0. The summed E-state index contributed by atoms with van der Waals surface area (Å²) in [5.74, 6) is 0.398. The minimum absolute atomic E-state index is 0.305. The van der Waals surface area contributed by atoms with Gasteiger partial charge in [-0.15, -0.1) is 0 Å². The van der Waals surface area contributed by atoms with Crippen molar-refractivity contribution in [1.29, 1.82) is 5.26 Å². The Morgan fingerprint density at radius 1 is 1.20 bits per heavy atom. The molecule has 1 atom stereocenters. The maximum atomic E-state index is 9.39. The molecule has 4 heteroatoms. The zero-order valence-corrected chi connectivity index (χ0v) is 11.4. The Labute approximate surface area is 121 Å². The first-order valence-electron chi connectivity index (χ1n) is 6.35. The number of halogens is 1. The first-order valence-corrected chi connectivity index (χ1v) is 6.73. The third-order valence-electron chi connectivity index (χ3n) is 3.22. The fourth-order valence-corrected chi connectivity index (χ4v) is 2.45. The van der Waals surface area contributed by atoms with Crippen molar-refractivity contribution in [2.75, 3.05) is 0 Å². The van der Waals surface area contributed by atoms with Gasteiger partial charge in [0, 0.05) is 5.02 Å². The van der Waals surface area contributed by atoms with E-state index >= 15 is 0 Å². The van der Waals surface area contributed by atoms with Gasteiger partial charge in [0.15, 0.2) is 0 Å². The molecular formula is C16H12ClN3. The van der Waals surface area contributed by atoms with Crippen LogP contribution in [0.3, 0.4) is 0 Å². The van der Waals surface area contributed by atoms with E-state index in [1.165, 1.54) is 0 Å². The Bertz CT molecular complexity index is 753. The fourth-order valence-electron chi connectivity index (χ4n) is 2.24. The second-order valence-corrected chi connectivity index (χ2v) is 5.09. The standard InChI is InChI=1S/C16H12ClN3/c17-13-5-3-4-11(9-13)8-12(10-18)16-19-14-6-1-2-7-15(14)20-16/h1-7,9,12H,8H2,(H,19,20). The molecule has 98 valence electrons. The molecule has 3 nitrogen and oxygen atoms in total. The second-order valence-electron chi connectivity index (χ2n) is 4.65. The number of nitriles is 1. The number of aromatic amines is 1. The van der Waals surface area contributed by atoms with Crippen molar-refractivity contribution in [2.24, 2.45) is 0 Å². The lowest BCUT2D eigenvalue weighted by Crippen LogP contribution is -2.02. The van der Waals surface area contributed by atoms with Crippen molar-refractivity contribution >= 4 is 22.6 Å². The number of para-hydroxylation sites is 2. The summed E-state index contributed by atoms with van der Waals surface area (Å²) >= 11 is 5.98. The van der Waals surface area contributed by atoms with Crippen molar-refractivity contribution in [3.63, 3.8) is 0 Å². The predicted octanol–water partition coefficient (Wildman–Crippen LogP) is 4.07. The van der Waals surface area contributed by atoms with Gasteiger partial charge in [-0.25, -0.2) is 4.98 Å². The number of hydrogen-bond acceptors (Lipinski definition) is 2. The maximum Gasteiger partial charge on any atom is 0.124 e. The monoisotopic (exact) mass is 281 g/mol. The van der Waals surface area contributed by atoms with E-state index in [-0.39, 0.29) is 5.92 Å². The first kappa shape index (κ1) is 12.7. The molecule has 0 aliphatic rings. The van der Waals surface area contributed by atoms with Crippen LogP contribution in [0, 0.1) is 11.3 Å². The first-order chi connectivity index (χ1) is 9.76. The summed E-state index contributed by atoms with van der Waals surface area (Å²) in [5.41, 5.74) is 2.87. The van der Waals surface area contributed by atoms with Crippen molar-refractivity contribution in [1.82, 2.24) is 9.97 Å². The highest BCUT2D eigenvalue weighted by Crippen LogP contribution is 2.22. The Kier molecular flexibility index (Phi) is 3.41. The zero-order chi connectivity index (χ0) is 13.9. The predicted molar refractivity (Wildman–Crippen MR) is 79.6 cm³/mol. The van der Waals surface area contributed by atoms with Gasteiger partial charge in [-0.05, 0) is 36.2 Å². The highest BCUT2D eigenvalue weighted by molar-refractivity contribution is 6.30. The van der Waals surface area contributed by atoms with Gasteiger partial charge in [0.05, 0.1) is 17.1 Å². The van der Waals surface area contributed by atoms with Crippen molar-refractivity contribution in [3.05, 3.63) is 64.9 Å². The quantitative estimate of drug-likeness (QED) is 0.787. The SMILES string of the molecule is N#CC(Cc1cccc(Cl)c1)c1nc2ccccc2[nH]1. The van der Waals surface area contributed by atoms with Crippen LogP contribution in [0.4, 0.5) is 0 Å². The molecule has 0 spiro atoms. The van der Waals surface area contributed by atoms with Gasteiger partial charge in [-0.2, -0.15) is 5.26 Å². The normalized spacial score (nSPS) is 12.2. The molecule has 20 heavy (non-hydrogen) atoms. The number of fused-ring (bicyclic) bond motifs is 1. The second kappa shape index (κ2) is 5.36. The number of aromatic nitrogens is 2. The number of hydrogen-bond donors (Lipinski definition) is 1. The highest BCUT2D eigenvalue weighted by Gasteiger charge is 2.16. The van der Waals surface area contributed by atoms with Gasteiger partial charge in [0.1, 0.15) is 11.7 Å². The molecule has 0 fully saturated rings. The Morgan fingerprint density at radius 2 is 2.05 bits per heavy atom. The lowest BCUT2D eigenvalue weighted by atomic mass is 10.0. The number of H-pyrrole nitrogens is 1. The minimum Gasteiger partial charge on any atom is -0.341 e. The number of nitrogens with one attached hydrogen (secondary N) is 1. The van der Waals surface area contributed by atoms with Crippen LogP contribution in [0.5, 0.6) is 0 Å². The van der Waals surface area contributed by atoms with Crippen LogP contribution in [-0.4, -0.2) is 9.97 Å². The van der Waals surface area contributed by atoms with E-state index in [0.29, 0.717) is 17.3 Å². The van der Waals surface area contributed by atoms with Gasteiger partial charge < -0.3 is 4.98 Å². The Morgan fingerprint density at radius 3 is 2.80 bits per heavy atom. The molecular weight excluding hydrogens is 270 g/mol. The average Bonchev–Trinajstić information content (AvgIpc) is 2.88. The third-order valence-corrected chi connectivity index (χ3v) is 3.46. The Hall–Kier alpha value is -2.31. The van der Waals surface area contributed by atoms with E-state index in [1.807, 2.05) is 48.5 Å². The molecule has 1 N–H and O–H groups in total. The van der Waals surface area contributed by atoms with E-state index in [4.69, 9.17) is 11.6 Å². The zero-order valence-electron chi connectivity index (χ0n) is 10.7. The van der Waals surface area contributed by atoms with E-state index in [9.17, 15) is 5.26 Å². The van der Waals surface area contributed by atoms with Crippen LogP contribution in [-0.2, 0) is 6.42 Å². The topological polar surface area (TPSA) is 52.5 Å². The summed E-state index contributed by atoms with van der Waals surface area (Å²) in [6.07, 6.45) is 0.594. The highest BCUT2D eigenvalue weighted by atomic mass is 35.5. The molecule has 0 radical (unpaired) electrons. The van der Waals surface area contributed by atoms with E-state index in [2.05, 4.69) is 16.0 Å². The third kappa shape index (κ3) is 2.52. The molecule has 2 aromatic carbocycles. The molecule has 0 aliphatic heterocycles. The summed E-state index contributed by atoms with van der Waals surface area (Å²) in [6.45, 7) is 0. The summed E-state index contributed by atoms with van der Waals surface area (Å²) < 4.78 is 0. The average molecular weight is 282 g/mol. The summed E-state index contributed by atoms with van der Waals surface area (Å²) in [5, 5.41) is 10.1. The molecule has 0 saturated carbocycles. The molecule has 0 bridgehead atoms. The number of benzene rings is 2. The summed E-state index contributed by atoms with van der Waals surface area (Å²) in [6, 6.07) is 17.7. The number of nitrogens with zero attached hydrogens (tertiary/aromatic N) is 2. The number of imidazole rings is 1. The molecule has 0 aliphatic carbocycles. The summed E-state index contributed by atoms with van der Waals surface area (Å²) in [4.78, 5) is 7.71. The van der Waals surface area contributed by atoms with Crippen LogP contribution >= 0.6 is 11.6 Å². The van der Waals surface area contributed by atoms with Crippen LogP contribution < -0.4 is 0 Å². The number of rotatable bonds is 3. The van der Waals surface area contributed by atoms with Gasteiger partial charge in [-0.1, -0.05) is 35.9 Å². The van der Waals surface area contributed by atoms with E-state index in [1.54, 1.807) is 0 Å². The van der Waals surface area contributed by atoms with Crippen molar-refractivity contribution in [3.8, 4) is 6.07 Å². The largest absolute Gasteiger partial charge is 0.341 e.